The van der Waals surface area contributed by atoms with Gasteiger partial charge in [0.1, 0.15) is 12.4 Å². The first-order chi connectivity index (χ1) is 20.1. The zero-order valence-corrected chi connectivity index (χ0v) is 26.4. The maximum Gasteiger partial charge on any atom is 0.316 e. The molecule has 4 aromatic rings. The second kappa shape index (κ2) is 10.9. The summed E-state index contributed by atoms with van der Waals surface area (Å²) in [6, 6.07) is 15.9. The van der Waals surface area contributed by atoms with E-state index in [2.05, 4.69) is 53.8 Å². The third-order valence-electron chi connectivity index (χ3n) is 8.99. The number of hydrogen-bond donors (Lipinski definition) is 0. The SMILES string of the molecule is CCc1c2c(nc3ccc(OC(=O)C(C)CCc4ccc(I)cc4)cc13)-c1cc3c(c(=O)n1C2)COC(=O)[C@]3(C)CC. The maximum atomic E-state index is 13.7. The van der Waals surface area contributed by atoms with Crippen LogP contribution in [0.5, 0.6) is 5.75 Å². The third kappa shape index (κ3) is 4.73. The number of esters is 2. The molecule has 42 heavy (non-hydrogen) atoms. The Morgan fingerprint density at radius 3 is 2.60 bits per heavy atom. The lowest BCUT2D eigenvalue weighted by molar-refractivity contribution is -0.153. The number of benzene rings is 2. The van der Waals surface area contributed by atoms with Gasteiger partial charge in [0.25, 0.3) is 5.56 Å². The molecule has 216 valence electrons. The van der Waals surface area contributed by atoms with Crippen molar-refractivity contribution in [3.63, 3.8) is 0 Å². The Hall–Kier alpha value is -3.53. The summed E-state index contributed by atoms with van der Waals surface area (Å²) in [5.74, 6) is -0.317. The number of cyclic esters (lactones) is 1. The predicted octanol–water partition coefficient (Wildman–Crippen LogP) is 6.49. The van der Waals surface area contributed by atoms with Crippen molar-refractivity contribution < 1.29 is 19.1 Å². The molecule has 7 nitrogen and oxygen atoms in total. The van der Waals surface area contributed by atoms with Crippen LogP contribution in [0.4, 0.5) is 0 Å². The molecule has 0 radical (unpaired) electrons. The molecule has 0 amide bonds. The van der Waals surface area contributed by atoms with Crippen molar-refractivity contribution in [2.24, 2.45) is 5.92 Å². The minimum atomic E-state index is -0.870. The lowest BCUT2D eigenvalue weighted by Crippen LogP contribution is -2.42. The number of rotatable bonds is 7. The number of aryl methyl sites for hydroxylation is 2. The number of ether oxygens (including phenoxy) is 2. The fourth-order valence-electron chi connectivity index (χ4n) is 6.14. The Bertz CT molecular complexity index is 1810. The molecule has 8 heteroatoms. The van der Waals surface area contributed by atoms with Crippen molar-refractivity contribution in [2.45, 2.75) is 71.9 Å². The quantitative estimate of drug-likeness (QED) is 0.111. The summed E-state index contributed by atoms with van der Waals surface area (Å²) >= 11 is 2.28. The fraction of sp³-hybridized carbons (Fsp3) is 0.353. The monoisotopic (exact) mass is 676 g/mol. The van der Waals surface area contributed by atoms with E-state index < -0.39 is 5.41 Å². The predicted molar refractivity (Wildman–Crippen MR) is 170 cm³/mol. The van der Waals surface area contributed by atoms with E-state index in [1.165, 1.54) is 9.13 Å². The molecule has 2 aromatic carbocycles. The van der Waals surface area contributed by atoms with Gasteiger partial charge in [0.15, 0.2) is 0 Å². The van der Waals surface area contributed by atoms with Crippen LogP contribution in [-0.4, -0.2) is 21.5 Å². The van der Waals surface area contributed by atoms with Crippen LogP contribution in [0.2, 0.25) is 0 Å². The van der Waals surface area contributed by atoms with Crippen LogP contribution in [0.3, 0.4) is 0 Å². The number of nitrogens with zero attached hydrogens (tertiary/aromatic N) is 2. The Kier molecular flexibility index (Phi) is 7.45. The van der Waals surface area contributed by atoms with E-state index in [9.17, 15) is 14.4 Å². The highest BCUT2D eigenvalue weighted by Crippen LogP contribution is 2.41. The molecular weight excluding hydrogens is 643 g/mol. The van der Waals surface area contributed by atoms with Gasteiger partial charge in [0.05, 0.1) is 40.3 Å². The Balaban J connectivity index is 1.31. The van der Waals surface area contributed by atoms with E-state index in [4.69, 9.17) is 14.5 Å². The van der Waals surface area contributed by atoms with Crippen molar-refractivity contribution in [3.8, 4) is 17.1 Å². The van der Waals surface area contributed by atoms with Gasteiger partial charge in [-0.3, -0.25) is 14.4 Å². The van der Waals surface area contributed by atoms with Crippen LogP contribution in [0.25, 0.3) is 22.3 Å². The van der Waals surface area contributed by atoms with Crippen molar-refractivity contribution in [1.29, 1.82) is 0 Å². The number of pyridine rings is 2. The summed E-state index contributed by atoms with van der Waals surface area (Å²) in [6.07, 6.45) is 2.77. The van der Waals surface area contributed by atoms with Crippen molar-refractivity contribution >= 4 is 45.4 Å². The molecule has 0 spiro atoms. The molecule has 2 atom stereocenters. The second-order valence-corrected chi connectivity index (χ2v) is 12.8. The molecular formula is C34H33IN2O5. The number of hydrogen-bond acceptors (Lipinski definition) is 6. The van der Waals surface area contributed by atoms with Crippen LogP contribution in [-0.2, 0) is 45.7 Å². The average molecular weight is 677 g/mol. The normalized spacial score (nSPS) is 17.8. The number of carbonyl (C=O) groups is 2. The lowest BCUT2D eigenvalue weighted by Gasteiger charge is -2.33. The summed E-state index contributed by atoms with van der Waals surface area (Å²) in [5, 5.41) is 0.913. The second-order valence-electron chi connectivity index (χ2n) is 11.5. The van der Waals surface area contributed by atoms with Crippen molar-refractivity contribution in [1.82, 2.24) is 9.55 Å². The summed E-state index contributed by atoms with van der Waals surface area (Å²) in [7, 11) is 0. The van der Waals surface area contributed by atoms with E-state index in [0.717, 1.165) is 51.8 Å². The minimum absolute atomic E-state index is 0.00682. The standard InChI is InChI=1S/C34H33IN2O5/c1-5-23-24-15-22(42-32(39)19(3)7-8-20-9-11-21(35)12-10-20)13-14-28(24)36-30-25(23)17-37-29(30)16-27-26(31(37)38)18-41-33(40)34(27,4)6-2/h9-16,19H,5-8,17-18H2,1-4H3/t19?,34-/m1/s1. The topological polar surface area (TPSA) is 87.5 Å². The Morgan fingerprint density at radius 2 is 1.88 bits per heavy atom. The molecule has 1 unspecified atom stereocenters. The molecule has 2 aliphatic rings. The summed E-state index contributed by atoms with van der Waals surface area (Å²) in [6.45, 7) is 8.16. The number of fused-ring (bicyclic) bond motifs is 5. The highest BCUT2D eigenvalue weighted by atomic mass is 127. The summed E-state index contributed by atoms with van der Waals surface area (Å²) < 4.78 is 14.2. The average Bonchev–Trinajstić information content (AvgIpc) is 3.36. The molecule has 4 heterocycles. The molecule has 0 saturated heterocycles. The van der Waals surface area contributed by atoms with Gasteiger partial charge in [-0.15, -0.1) is 0 Å². The molecule has 0 fully saturated rings. The summed E-state index contributed by atoms with van der Waals surface area (Å²) in [5.41, 5.74) is 5.82. The van der Waals surface area contributed by atoms with E-state index in [0.29, 0.717) is 30.7 Å². The molecule has 2 aromatic heterocycles. The van der Waals surface area contributed by atoms with Crippen LogP contribution in [0, 0.1) is 9.49 Å². The first-order valence-electron chi connectivity index (χ1n) is 14.5. The fourth-order valence-corrected chi connectivity index (χ4v) is 6.50. The van der Waals surface area contributed by atoms with E-state index in [1.54, 1.807) is 10.6 Å². The summed E-state index contributed by atoms with van der Waals surface area (Å²) in [4.78, 5) is 44.3. The highest BCUT2D eigenvalue weighted by molar-refractivity contribution is 14.1. The largest absolute Gasteiger partial charge is 0.460 e. The van der Waals surface area contributed by atoms with Gasteiger partial charge in [-0.25, -0.2) is 4.98 Å². The zero-order valence-electron chi connectivity index (χ0n) is 24.3. The number of aromatic nitrogens is 2. The van der Waals surface area contributed by atoms with Crippen LogP contribution >= 0.6 is 22.6 Å². The van der Waals surface area contributed by atoms with Gasteiger partial charge in [0.2, 0.25) is 0 Å². The lowest BCUT2D eigenvalue weighted by atomic mass is 9.76. The van der Waals surface area contributed by atoms with E-state index in [-0.39, 0.29) is 30.0 Å². The minimum Gasteiger partial charge on any atom is -0.460 e. The van der Waals surface area contributed by atoms with Crippen LogP contribution in [0.15, 0.2) is 53.3 Å². The van der Waals surface area contributed by atoms with Gasteiger partial charge < -0.3 is 14.0 Å². The third-order valence-corrected chi connectivity index (χ3v) is 9.71. The highest BCUT2D eigenvalue weighted by Gasteiger charge is 2.43. The molecule has 0 bridgehead atoms. The Morgan fingerprint density at radius 1 is 1.12 bits per heavy atom. The molecule has 0 saturated carbocycles. The van der Waals surface area contributed by atoms with Gasteiger partial charge in [-0.05, 0) is 108 Å². The number of carbonyl (C=O) groups excluding carboxylic acids is 2. The molecule has 0 aliphatic carbocycles. The zero-order chi connectivity index (χ0) is 29.8. The Labute approximate surface area is 258 Å². The first kappa shape index (κ1) is 28.6. The molecule has 0 N–H and O–H groups in total. The van der Waals surface area contributed by atoms with Crippen LogP contribution < -0.4 is 10.3 Å². The van der Waals surface area contributed by atoms with Crippen molar-refractivity contribution in [2.75, 3.05) is 0 Å². The number of halogens is 1. The molecule has 2 aliphatic heterocycles. The van der Waals surface area contributed by atoms with Gasteiger partial charge in [-0.1, -0.05) is 32.9 Å². The van der Waals surface area contributed by atoms with Gasteiger partial charge in [-0.2, -0.15) is 0 Å². The van der Waals surface area contributed by atoms with Gasteiger partial charge in [0, 0.05) is 14.5 Å². The van der Waals surface area contributed by atoms with Crippen LogP contribution in [0.1, 0.15) is 68.4 Å². The van der Waals surface area contributed by atoms with Crippen molar-refractivity contribution in [3.05, 3.63) is 90.3 Å². The molecule has 6 rings (SSSR count). The van der Waals surface area contributed by atoms with Gasteiger partial charge >= 0.3 is 11.9 Å². The van der Waals surface area contributed by atoms with E-state index in [1.807, 2.05) is 39.0 Å². The maximum absolute atomic E-state index is 13.7. The smallest absolute Gasteiger partial charge is 0.316 e. The first-order valence-corrected chi connectivity index (χ1v) is 15.6. The van der Waals surface area contributed by atoms with E-state index >= 15 is 0 Å².